The molecule has 0 atom stereocenters. The summed E-state index contributed by atoms with van der Waals surface area (Å²) in [5.41, 5.74) is 0. The third-order valence-corrected chi connectivity index (χ3v) is 0.677. The number of carbonyl (C=O) groups is 1. The summed E-state index contributed by atoms with van der Waals surface area (Å²) in [6.45, 7) is 3.74. The molecule has 0 saturated heterocycles. The molecule has 0 bridgehead atoms. The molecule has 48 valence electrons. The first kappa shape index (κ1) is 7.43. The molecule has 3 nitrogen and oxygen atoms in total. The highest BCUT2D eigenvalue weighted by molar-refractivity contribution is 5.68. The van der Waals surface area contributed by atoms with Crippen LogP contribution < -0.4 is 0 Å². The van der Waals surface area contributed by atoms with Crippen LogP contribution in [0.15, 0.2) is 0 Å². The fraction of sp³-hybridized carbons (Fsp3) is 0.800. The van der Waals surface area contributed by atoms with Crippen LogP contribution in [0.4, 0.5) is 0 Å². The third kappa shape index (κ3) is 3.61. The van der Waals surface area contributed by atoms with Gasteiger partial charge in [0, 0.05) is 0 Å². The highest BCUT2D eigenvalue weighted by atomic mass is 17.1. The van der Waals surface area contributed by atoms with Crippen molar-refractivity contribution in [2.75, 3.05) is 0 Å². The minimum Gasteiger partial charge on any atom is -0.301 e. The number of hydrogen-bond acceptors (Lipinski definition) is 3. The molecule has 0 aromatic rings. The van der Waals surface area contributed by atoms with Gasteiger partial charge in [-0.2, -0.15) is 5.26 Å². The zero-order valence-electron chi connectivity index (χ0n) is 5.05. The fourth-order valence-electron chi connectivity index (χ4n) is 0.371. The molecule has 8 heavy (non-hydrogen) atoms. The Morgan fingerprint density at radius 1 is 1.75 bits per heavy atom. The summed E-state index contributed by atoms with van der Waals surface area (Å²) < 4.78 is 0. The van der Waals surface area contributed by atoms with Crippen LogP contribution in [-0.2, 0) is 9.68 Å². The molecule has 0 radical (unpaired) electrons. The first-order chi connectivity index (χ1) is 3.66. The van der Waals surface area contributed by atoms with Gasteiger partial charge in [-0.3, -0.25) is 0 Å². The van der Waals surface area contributed by atoms with E-state index in [0.717, 1.165) is 0 Å². The Bertz CT molecular complexity index is 77.7. The minimum atomic E-state index is -0.569. The van der Waals surface area contributed by atoms with E-state index in [1.165, 1.54) is 0 Å². The van der Waals surface area contributed by atoms with Crippen molar-refractivity contribution in [3.05, 3.63) is 0 Å². The maximum Gasteiger partial charge on any atom is 0.342 e. The van der Waals surface area contributed by atoms with Gasteiger partial charge in [-0.15, -0.1) is 0 Å². The van der Waals surface area contributed by atoms with Crippen LogP contribution in [-0.4, -0.2) is 11.2 Å². The Kier molecular flexibility index (Phi) is 3.19. The molecule has 0 aliphatic heterocycles. The summed E-state index contributed by atoms with van der Waals surface area (Å²) in [4.78, 5) is 13.6. The van der Waals surface area contributed by atoms with E-state index in [4.69, 9.17) is 5.26 Å². The molecular formula is C5H10O3. The van der Waals surface area contributed by atoms with Crippen LogP contribution in [0.1, 0.15) is 20.3 Å². The van der Waals surface area contributed by atoms with Gasteiger partial charge in [0.25, 0.3) is 0 Å². The number of hydrogen-bond donors (Lipinski definition) is 1. The normalized spacial score (nSPS) is 9.50. The fourth-order valence-corrected chi connectivity index (χ4v) is 0.371. The van der Waals surface area contributed by atoms with E-state index >= 15 is 0 Å². The molecule has 1 N–H and O–H groups in total. The minimum absolute atomic E-state index is 0.245. The highest BCUT2D eigenvalue weighted by Crippen LogP contribution is 1.98. The molecule has 0 heterocycles. The van der Waals surface area contributed by atoms with E-state index in [9.17, 15) is 4.79 Å². The molecule has 0 amide bonds. The zero-order chi connectivity index (χ0) is 6.57. The van der Waals surface area contributed by atoms with Gasteiger partial charge in [0.05, 0.1) is 6.42 Å². The van der Waals surface area contributed by atoms with E-state index in [1.807, 2.05) is 13.8 Å². The van der Waals surface area contributed by atoms with E-state index < -0.39 is 5.97 Å². The van der Waals surface area contributed by atoms with Crippen LogP contribution in [0.2, 0.25) is 0 Å². The lowest BCUT2D eigenvalue weighted by Gasteiger charge is -1.97. The summed E-state index contributed by atoms with van der Waals surface area (Å²) >= 11 is 0. The molecule has 0 aliphatic carbocycles. The Morgan fingerprint density at radius 3 is 2.38 bits per heavy atom. The molecule has 0 aliphatic rings. The van der Waals surface area contributed by atoms with Gasteiger partial charge < -0.3 is 4.89 Å². The van der Waals surface area contributed by atoms with Gasteiger partial charge in [-0.1, -0.05) is 13.8 Å². The lowest BCUT2D eigenvalue weighted by Crippen LogP contribution is -2.04. The summed E-state index contributed by atoms with van der Waals surface area (Å²) in [7, 11) is 0. The Labute approximate surface area is 48.2 Å². The van der Waals surface area contributed by atoms with Crippen LogP contribution in [0.3, 0.4) is 0 Å². The van der Waals surface area contributed by atoms with Crippen molar-refractivity contribution in [2.24, 2.45) is 5.92 Å². The largest absolute Gasteiger partial charge is 0.342 e. The van der Waals surface area contributed by atoms with Crippen molar-refractivity contribution in [3.8, 4) is 0 Å². The van der Waals surface area contributed by atoms with Crippen LogP contribution in [0.5, 0.6) is 0 Å². The lowest BCUT2D eigenvalue weighted by atomic mass is 10.1. The molecule has 0 unspecified atom stereocenters. The van der Waals surface area contributed by atoms with Gasteiger partial charge in [0.1, 0.15) is 0 Å². The topological polar surface area (TPSA) is 46.5 Å². The maximum atomic E-state index is 10.2. The standard InChI is InChI=1S/C5H10O3/c1-4(2)3-5(6)8-7/h4,7H,3H2,1-2H3. The first-order valence-electron chi connectivity index (χ1n) is 2.51. The Morgan fingerprint density at radius 2 is 2.25 bits per heavy atom. The van der Waals surface area contributed by atoms with Crippen molar-refractivity contribution in [2.45, 2.75) is 20.3 Å². The SMILES string of the molecule is CC(C)CC(=O)OO. The van der Waals surface area contributed by atoms with Crippen LogP contribution >= 0.6 is 0 Å². The zero-order valence-corrected chi connectivity index (χ0v) is 5.05. The summed E-state index contributed by atoms with van der Waals surface area (Å²) in [6, 6.07) is 0. The van der Waals surface area contributed by atoms with Gasteiger partial charge in [0.2, 0.25) is 0 Å². The second kappa shape index (κ2) is 3.43. The first-order valence-corrected chi connectivity index (χ1v) is 2.51. The average Bonchev–Trinajstić information content (AvgIpc) is 1.65. The summed E-state index contributed by atoms with van der Waals surface area (Å²) in [5, 5.41) is 7.73. The quantitative estimate of drug-likeness (QED) is 0.435. The molecule has 0 aromatic carbocycles. The lowest BCUT2D eigenvalue weighted by molar-refractivity contribution is -0.235. The van der Waals surface area contributed by atoms with E-state index in [0.29, 0.717) is 0 Å². The molecule has 0 saturated carbocycles. The second-order valence-corrected chi connectivity index (χ2v) is 2.06. The van der Waals surface area contributed by atoms with Crippen LogP contribution in [0.25, 0.3) is 0 Å². The van der Waals surface area contributed by atoms with Crippen molar-refractivity contribution >= 4 is 5.97 Å². The van der Waals surface area contributed by atoms with Gasteiger partial charge >= 0.3 is 5.97 Å². The molecular weight excluding hydrogens is 108 g/mol. The van der Waals surface area contributed by atoms with Crippen molar-refractivity contribution in [3.63, 3.8) is 0 Å². The van der Waals surface area contributed by atoms with Crippen molar-refractivity contribution in [1.82, 2.24) is 0 Å². The van der Waals surface area contributed by atoms with Gasteiger partial charge in [-0.25, -0.2) is 4.79 Å². The van der Waals surface area contributed by atoms with E-state index in [2.05, 4.69) is 4.89 Å². The Balaban J connectivity index is 3.25. The highest BCUT2D eigenvalue weighted by Gasteiger charge is 2.03. The molecule has 3 heteroatoms. The Hall–Kier alpha value is -0.570. The van der Waals surface area contributed by atoms with E-state index in [1.54, 1.807) is 0 Å². The smallest absolute Gasteiger partial charge is 0.301 e. The van der Waals surface area contributed by atoms with Crippen LogP contribution in [0, 0.1) is 5.92 Å². The predicted molar refractivity (Wildman–Crippen MR) is 28.2 cm³/mol. The predicted octanol–water partition coefficient (Wildman–Crippen LogP) is 1.05. The molecule has 0 fully saturated rings. The van der Waals surface area contributed by atoms with Crippen molar-refractivity contribution in [1.29, 1.82) is 0 Å². The maximum absolute atomic E-state index is 10.2. The monoisotopic (exact) mass is 118 g/mol. The number of rotatable bonds is 2. The van der Waals surface area contributed by atoms with Gasteiger partial charge in [0.15, 0.2) is 0 Å². The van der Waals surface area contributed by atoms with Crippen molar-refractivity contribution < 1.29 is 14.9 Å². The average molecular weight is 118 g/mol. The second-order valence-electron chi connectivity index (χ2n) is 2.06. The third-order valence-electron chi connectivity index (χ3n) is 0.677. The van der Waals surface area contributed by atoms with E-state index in [-0.39, 0.29) is 12.3 Å². The molecule has 0 rings (SSSR count). The summed E-state index contributed by atoms with van der Waals surface area (Å²) in [5.74, 6) is -0.324. The van der Waals surface area contributed by atoms with Gasteiger partial charge in [-0.05, 0) is 5.92 Å². The molecule has 0 aromatic heterocycles. The number of carbonyl (C=O) groups excluding carboxylic acids is 1. The molecule has 0 spiro atoms. The summed E-state index contributed by atoms with van der Waals surface area (Å²) in [6.07, 6.45) is 0.274.